The minimum Gasteiger partial charge on any atom is -0.508 e. The van der Waals surface area contributed by atoms with Gasteiger partial charge in [-0.25, -0.2) is 4.39 Å². The summed E-state index contributed by atoms with van der Waals surface area (Å²) in [4.78, 5) is 14.0. The van der Waals surface area contributed by atoms with Crippen molar-refractivity contribution in [2.75, 3.05) is 12.8 Å². The van der Waals surface area contributed by atoms with E-state index < -0.39 is 0 Å². The molecule has 0 aliphatic heterocycles. The van der Waals surface area contributed by atoms with E-state index in [1.165, 1.54) is 35.2 Å². The molecule has 0 bridgehead atoms. The number of nitrogen functional groups attached to an aromatic ring is 1. The first-order chi connectivity index (χ1) is 9.90. The maximum atomic E-state index is 12.9. The summed E-state index contributed by atoms with van der Waals surface area (Å²) in [6.45, 7) is 1.84. The van der Waals surface area contributed by atoms with Crippen LogP contribution in [0.25, 0.3) is 0 Å². The zero-order valence-corrected chi connectivity index (χ0v) is 11.9. The fourth-order valence-corrected chi connectivity index (χ4v) is 2.06. The normalized spacial score (nSPS) is 12.0. The summed E-state index contributed by atoms with van der Waals surface area (Å²) in [6.07, 6.45) is 0. The Labute approximate surface area is 122 Å². The second kappa shape index (κ2) is 5.83. The van der Waals surface area contributed by atoms with E-state index >= 15 is 0 Å². The van der Waals surface area contributed by atoms with Crippen molar-refractivity contribution in [3.8, 4) is 5.75 Å². The van der Waals surface area contributed by atoms with Crippen LogP contribution in [0.3, 0.4) is 0 Å². The van der Waals surface area contributed by atoms with Crippen molar-refractivity contribution in [1.82, 2.24) is 4.90 Å². The highest BCUT2D eigenvalue weighted by molar-refractivity contribution is 5.99. The molecule has 0 heterocycles. The van der Waals surface area contributed by atoms with Gasteiger partial charge < -0.3 is 15.7 Å². The number of phenols is 1. The van der Waals surface area contributed by atoms with Crippen LogP contribution in [0.4, 0.5) is 10.1 Å². The van der Waals surface area contributed by atoms with Crippen LogP contribution in [0.5, 0.6) is 5.75 Å². The van der Waals surface area contributed by atoms with Gasteiger partial charge in [0.1, 0.15) is 11.6 Å². The van der Waals surface area contributed by atoms with Crippen LogP contribution in [0, 0.1) is 5.82 Å². The minimum atomic E-state index is -0.322. The van der Waals surface area contributed by atoms with Gasteiger partial charge in [-0.3, -0.25) is 4.79 Å². The number of hydrogen-bond donors (Lipinski definition) is 2. The fraction of sp³-hybridized carbons (Fsp3) is 0.188. The van der Waals surface area contributed by atoms with Crippen LogP contribution in [0.2, 0.25) is 0 Å². The van der Waals surface area contributed by atoms with E-state index in [-0.39, 0.29) is 29.1 Å². The van der Waals surface area contributed by atoms with E-state index in [0.717, 1.165) is 5.56 Å². The van der Waals surface area contributed by atoms with Gasteiger partial charge in [-0.15, -0.1) is 0 Å². The van der Waals surface area contributed by atoms with Crippen molar-refractivity contribution >= 4 is 11.6 Å². The zero-order chi connectivity index (χ0) is 15.6. The summed E-state index contributed by atoms with van der Waals surface area (Å²) in [5.74, 6) is -0.646. The Morgan fingerprint density at radius 1 is 1.24 bits per heavy atom. The van der Waals surface area contributed by atoms with Gasteiger partial charge in [0.15, 0.2) is 0 Å². The lowest BCUT2D eigenvalue weighted by atomic mass is 10.1. The van der Waals surface area contributed by atoms with E-state index in [2.05, 4.69) is 0 Å². The van der Waals surface area contributed by atoms with Crippen molar-refractivity contribution in [1.29, 1.82) is 0 Å². The van der Waals surface area contributed by atoms with E-state index in [1.807, 2.05) is 6.92 Å². The quantitative estimate of drug-likeness (QED) is 0.674. The SMILES string of the molecule is CC(c1ccc(F)cc1)N(C)C(=O)c1cc(O)ccc1N. The number of carbonyl (C=O) groups excluding carboxylic acids is 1. The number of aromatic hydroxyl groups is 1. The average molecular weight is 288 g/mol. The maximum absolute atomic E-state index is 12.9. The molecule has 2 aromatic rings. The van der Waals surface area contributed by atoms with Crippen molar-refractivity contribution < 1.29 is 14.3 Å². The van der Waals surface area contributed by atoms with Gasteiger partial charge in [-0.2, -0.15) is 0 Å². The lowest BCUT2D eigenvalue weighted by Crippen LogP contribution is -2.30. The van der Waals surface area contributed by atoms with Gasteiger partial charge in [0, 0.05) is 12.7 Å². The second-order valence-electron chi connectivity index (χ2n) is 4.92. The van der Waals surface area contributed by atoms with Crippen LogP contribution in [-0.2, 0) is 0 Å². The van der Waals surface area contributed by atoms with Crippen LogP contribution in [0.1, 0.15) is 28.9 Å². The molecule has 0 fully saturated rings. The maximum Gasteiger partial charge on any atom is 0.256 e. The molecule has 4 nitrogen and oxygen atoms in total. The van der Waals surface area contributed by atoms with E-state index in [4.69, 9.17) is 5.73 Å². The number of amides is 1. The molecule has 21 heavy (non-hydrogen) atoms. The molecule has 0 saturated heterocycles. The Bertz CT molecular complexity index is 656. The Kier molecular flexibility index (Phi) is 4.12. The smallest absolute Gasteiger partial charge is 0.256 e. The summed E-state index contributed by atoms with van der Waals surface area (Å²) in [7, 11) is 1.64. The molecule has 1 unspecified atom stereocenters. The number of phenolic OH excluding ortho intramolecular Hbond substituents is 1. The molecule has 3 N–H and O–H groups in total. The lowest BCUT2D eigenvalue weighted by molar-refractivity contribution is 0.0743. The molecule has 110 valence electrons. The fourth-order valence-electron chi connectivity index (χ4n) is 2.06. The molecular weight excluding hydrogens is 271 g/mol. The Morgan fingerprint density at radius 3 is 2.48 bits per heavy atom. The standard InChI is InChI=1S/C16H17FN2O2/c1-10(11-3-5-12(17)6-4-11)19(2)16(21)14-9-13(20)7-8-15(14)18/h3-10,20H,18H2,1-2H3. The highest BCUT2D eigenvalue weighted by Crippen LogP contribution is 2.25. The van der Waals surface area contributed by atoms with Crippen LogP contribution >= 0.6 is 0 Å². The van der Waals surface area contributed by atoms with Crippen molar-refractivity contribution in [3.05, 3.63) is 59.4 Å². The van der Waals surface area contributed by atoms with Gasteiger partial charge >= 0.3 is 0 Å². The Morgan fingerprint density at radius 2 is 1.86 bits per heavy atom. The zero-order valence-electron chi connectivity index (χ0n) is 11.9. The highest BCUT2D eigenvalue weighted by Gasteiger charge is 2.21. The Balaban J connectivity index is 2.26. The van der Waals surface area contributed by atoms with E-state index in [1.54, 1.807) is 19.2 Å². The Hall–Kier alpha value is -2.56. The third-order valence-electron chi connectivity index (χ3n) is 3.52. The lowest BCUT2D eigenvalue weighted by Gasteiger charge is -2.26. The molecule has 0 aromatic heterocycles. The number of carbonyl (C=O) groups is 1. The number of nitrogens with two attached hydrogens (primary N) is 1. The molecule has 1 atom stereocenters. The van der Waals surface area contributed by atoms with Gasteiger partial charge in [0.05, 0.1) is 11.6 Å². The highest BCUT2D eigenvalue weighted by atomic mass is 19.1. The van der Waals surface area contributed by atoms with Crippen LogP contribution in [0.15, 0.2) is 42.5 Å². The summed E-state index contributed by atoms with van der Waals surface area (Å²) in [5, 5.41) is 9.49. The second-order valence-corrected chi connectivity index (χ2v) is 4.92. The van der Waals surface area contributed by atoms with Gasteiger partial charge in [0.25, 0.3) is 5.91 Å². The monoisotopic (exact) mass is 288 g/mol. The van der Waals surface area contributed by atoms with Gasteiger partial charge in [-0.05, 0) is 42.8 Å². The molecular formula is C16H17FN2O2. The summed E-state index contributed by atoms with van der Waals surface area (Å²) in [6, 6.07) is 9.98. The van der Waals surface area contributed by atoms with Crippen molar-refractivity contribution in [2.45, 2.75) is 13.0 Å². The predicted molar refractivity (Wildman–Crippen MR) is 79.4 cm³/mol. The first kappa shape index (κ1) is 14.8. The molecule has 0 radical (unpaired) electrons. The number of hydrogen-bond acceptors (Lipinski definition) is 3. The number of rotatable bonds is 3. The molecule has 0 spiro atoms. The van der Waals surface area contributed by atoms with Gasteiger partial charge in [0.2, 0.25) is 0 Å². The van der Waals surface area contributed by atoms with Crippen LogP contribution < -0.4 is 5.73 Å². The third-order valence-corrected chi connectivity index (χ3v) is 3.52. The van der Waals surface area contributed by atoms with Crippen molar-refractivity contribution in [3.63, 3.8) is 0 Å². The third kappa shape index (κ3) is 3.13. The summed E-state index contributed by atoms with van der Waals surface area (Å²) in [5.41, 5.74) is 7.13. The summed E-state index contributed by atoms with van der Waals surface area (Å²) >= 11 is 0. The summed E-state index contributed by atoms with van der Waals surface area (Å²) < 4.78 is 12.9. The van der Waals surface area contributed by atoms with Gasteiger partial charge in [-0.1, -0.05) is 12.1 Å². The molecule has 1 amide bonds. The number of anilines is 1. The molecule has 2 rings (SSSR count). The molecule has 5 heteroatoms. The average Bonchev–Trinajstić information content (AvgIpc) is 2.48. The number of benzene rings is 2. The van der Waals surface area contributed by atoms with E-state index in [0.29, 0.717) is 5.69 Å². The molecule has 0 saturated carbocycles. The predicted octanol–water partition coefficient (Wildman–Crippen LogP) is 2.95. The van der Waals surface area contributed by atoms with Crippen LogP contribution in [-0.4, -0.2) is 23.0 Å². The van der Waals surface area contributed by atoms with Crippen molar-refractivity contribution in [2.24, 2.45) is 0 Å². The molecule has 0 aliphatic rings. The number of halogens is 1. The minimum absolute atomic E-state index is 0.0182. The topological polar surface area (TPSA) is 66.6 Å². The molecule has 2 aromatic carbocycles. The number of nitrogens with zero attached hydrogens (tertiary/aromatic N) is 1. The van der Waals surface area contributed by atoms with E-state index in [9.17, 15) is 14.3 Å². The first-order valence-corrected chi connectivity index (χ1v) is 6.51. The largest absolute Gasteiger partial charge is 0.508 e. The molecule has 0 aliphatic carbocycles. The first-order valence-electron chi connectivity index (χ1n) is 6.51.